The van der Waals surface area contributed by atoms with Gasteiger partial charge in [-0.05, 0) is 18.2 Å². The second-order valence-electron chi connectivity index (χ2n) is 3.73. The maximum Gasteiger partial charge on any atom is 0.244 e. The zero-order valence-corrected chi connectivity index (χ0v) is 11.7. The molecule has 0 radical (unpaired) electrons. The summed E-state index contributed by atoms with van der Waals surface area (Å²) in [7, 11) is 1.52. The van der Waals surface area contributed by atoms with Gasteiger partial charge in [-0.1, -0.05) is 11.6 Å². The Balaban J connectivity index is 2.13. The lowest BCUT2D eigenvalue weighted by Gasteiger charge is -2.10. The highest BCUT2D eigenvalue weighted by Crippen LogP contribution is 2.27. The topological polar surface area (TPSA) is 67.1 Å². The van der Waals surface area contributed by atoms with Gasteiger partial charge in [0.25, 0.3) is 0 Å². The van der Waals surface area contributed by atoms with E-state index >= 15 is 0 Å². The number of hydrogen-bond donors (Lipinski definition) is 2. The summed E-state index contributed by atoms with van der Waals surface area (Å²) in [4.78, 5) is 12.2. The molecule has 1 aromatic carbocycles. The highest BCUT2D eigenvalue weighted by molar-refractivity contribution is 7.06. The first kappa shape index (κ1) is 13.6. The van der Waals surface area contributed by atoms with Crippen molar-refractivity contribution in [1.29, 1.82) is 5.41 Å². The first-order chi connectivity index (χ1) is 9.10. The molecule has 2 N–H and O–H groups in total. The Morgan fingerprint density at radius 1 is 1.58 bits per heavy atom. The molecule has 19 heavy (non-hydrogen) atoms. The molecule has 0 bridgehead atoms. The Morgan fingerprint density at radius 2 is 2.37 bits per heavy atom. The number of amides is 1. The molecule has 0 unspecified atom stereocenters. The van der Waals surface area contributed by atoms with Crippen molar-refractivity contribution in [2.24, 2.45) is 0 Å². The van der Waals surface area contributed by atoms with Crippen LogP contribution in [-0.2, 0) is 11.3 Å². The van der Waals surface area contributed by atoms with Gasteiger partial charge in [-0.2, -0.15) is 0 Å². The minimum absolute atomic E-state index is 0.0814. The summed E-state index contributed by atoms with van der Waals surface area (Å²) in [6.45, 7) is 0.0814. The van der Waals surface area contributed by atoms with Crippen LogP contribution in [0.15, 0.2) is 29.8 Å². The Hall–Kier alpha value is -1.79. The monoisotopic (exact) mass is 297 g/mol. The van der Waals surface area contributed by atoms with E-state index in [2.05, 4.69) is 5.32 Å². The average molecular weight is 298 g/mol. The number of anilines is 1. The van der Waals surface area contributed by atoms with Gasteiger partial charge in [0.05, 0.1) is 12.8 Å². The van der Waals surface area contributed by atoms with Gasteiger partial charge >= 0.3 is 0 Å². The molecule has 0 atom stereocenters. The first-order valence-corrected chi connectivity index (χ1v) is 6.68. The minimum Gasteiger partial charge on any atom is -0.495 e. The number of hydrogen-bond acceptors (Lipinski definition) is 4. The number of nitrogens with one attached hydrogen (secondary N) is 2. The third-order valence-electron chi connectivity index (χ3n) is 2.43. The number of carbonyl (C=O) groups excluding carboxylic acids is 1. The van der Waals surface area contributed by atoms with Crippen molar-refractivity contribution in [3.63, 3.8) is 0 Å². The van der Waals surface area contributed by atoms with Crippen LogP contribution in [0, 0.1) is 5.41 Å². The summed E-state index contributed by atoms with van der Waals surface area (Å²) in [5, 5.41) is 12.6. The fraction of sp³-hybridized carbons (Fsp3) is 0.167. The van der Waals surface area contributed by atoms with Crippen molar-refractivity contribution in [2.45, 2.75) is 6.54 Å². The summed E-state index contributed by atoms with van der Waals surface area (Å²) in [5.41, 5.74) is 0.516. The SMILES string of the molecule is COc1ccc(Cl)cc1NC(=O)Cn1ccsc1=N. The van der Waals surface area contributed by atoms with Gasteiger partial charge in [-0.3, -0.25) is 10.2 Å². The van der Waals surface area contributed by atoms with Crippen LogP contribution < -0.4 is 14.9 Å². The van der Waals surface area contributed by atoms with E-state index in [-0.39, 0.29) is 12.5 Å². The Labute approximate surface area is 118 Å². The van der Waals surface area contributed by atoms with E-state index in [1.165, 1.54) is 18.4 Å². The first-order valence-electron chi connectivity index (χ1n) is 5.42. The summed E-state index contributed by atoms with van der Waals surface area (Å²) >= 11 is 7.15. The normalized spacial score (nSPS) is 10.2. The number of thiazole rings is 1. The molecular weight excluding hydrogens is 286 g/mol. The molecule has 0 fully saturated rings. The quantitative estimate of drug-likeness (QED) is 0.909. The zero-order valence-electron chi connectivity index (χ0n) is 10.1. The molecule has 0 saturated heterocycles. The van der Waals surface area contributed by atoms with Crippen LogP contribution in [0.25, 0.3) is 0 Å². The molecule has 1 heterocycles. The van der Waals surface area contributed by atoms with E-state index in [1.807, 2.05) is 0 Å². The molecule has 5 nitrogen and oxygen atoms in total. The third-order valence-corrected chi connectivity index (χ3v) is 3.38. The van der Waals surface area contributed by atoms with Gasteiger partial charge < -0.3 is 14.6 Å². The van der Waals surface area contributed by atoms with Crippen molar-refractivity contribution in [2.75, 3.05) is 12.4 Å². The Bertz CT molecular complexity index is 650. The number of nitrogens with zero attached hydrogens (tertiary/aromatic N) is 1. The van der Waals surface area contributed by atoms with Crippen LogP contribution in [0.1, 0.15) is 0 Å². The van der Waals surface area contributed by atoms with E-state index in [0.29, 0.717) is 21.3 Å². The van der Waals surface area contributed by atoms with E-state index in [4.69, 9.17) is 21.7 Å². The van der Waals surface area contributed by atoms with Gasteiger partial charge in [0.1, 0.15) is 12.3 Å². The van der Waals surface area contributed by atoms with Gasteiger partial charge in [-0.15, -0.1) is 11.3 Å². The van der Waals surface area contributed by atoms with Crippen molar-refractivity contribution in [3.05, 3.63) is 39.6 Å². The standard InChI is InChI=1S/C12H12ClN3O2S/c1-18-10-3-2-8(13)6-9(10)15-11(17)7-16-4-5-19-12(16)14/h2-6,14H,7H2,1H3,(H,15,17). The summed E-state index contributed by atoms with van der Waals surface area (Å²) < 4.78 is 6.70. The highest BCUT2D eigenvalue weighted by atomic mass is 35.5. The molecule has 1 amide bonds. The van der Waals surface area contributed by atoms with E-state index < -0.39 is 0 Å². The zero-order chi connectivity index (χ0) is 13.8. The fourth-order valence-corrected chi connectivity index (χ4v) is 2.32. The van der Waals surface area contributed by atoms with Gasteiger partial charge in [-0.25, -0.2) is 0 Å². The predicted octanol–water partition coefficient (Wildman–Crippen LogP) is 2.33. The third kappa shape index (κ3) is 3.36. The van der Waals surface area contributed by atoms with Crippen molar-refractivity contribution in [3.8, 4) is 5.75 Å². The summed E-state index contributed by atoms with van der Waals surface area (Å²) in [6.07, 6.45) is 1.70. The largest absolute Gasteiger partial charge is 0.495 e. The van der Waals surface area contributed by atoms with Gasteiger partial charge in [0.15, 0.2) is 4.80 Å². The highest BCUT2D eigenvalue weighted by Gasteiger charge is 2.09. The predicted molar refractivity (Wildman–Crippen MR) is 74.8 cm³/mol. The van der Waals surface area contributed by atoms with E-state index in [0.717, 1.165) is 0 Å². The van der Waals surface area contributed by atoms with Crippen LogP contribution in [0.5, 0.6) is 5.75 Å². The second kappa shape index (κ2) is 5.90. The number of carbonyl (C=O) groups is 1. The molecular formula is C12H12ClN3O2S. The van der Waals surface area contributed by atoms with E-state index in [9.17, 15) is 4.79 Å². The lowest BCUT2D eigenvalue weighted by atomic mass is 10.3. The fourth-order valence-electron chi connectivity index (χ4n) is 1.55. The number of benzene rings is 1. The van der Waals surface area contributed by atoms with Crippen molar-refractivity contribution in [1.82, 2.24) is 4.57 Å². The molecule has 0 aliphatic rings. The van der Waals surface area contributed by atoms with Gasteiger partial charge in [0, 0.05) is 16.6 Å². The molecule has 7 heteroatoms. The molecule has 2 rings (SSSR count). The van der Waals surface area contributed by atoms with Crippen LogP contribution in [-0.4, -0.2) is 17.6 Å². The average Bonchev–Trinajstić information content (AvgIpc) is 2.75. The number of methoxy groups -OCH3 is 1. The van der Waals surface area contributed by atoms with Crippen LogP contribution in [0.2, 0.25) is 5.02 Å². The number of aromatic nitrogens is 1. The minimum atomic E-state index is -0.238. The Kier molecular flexibility index (Phi) is 4.24. The maximum absolute atomic E-state index is 11.9. The number of ether oxygens (including phenoxy) is 1. The van der Waals surface area contributed by atoms with E-state index in [1.54, 1.807) is 34.3 Å². The summed E-state index contributed by atoms with van der Waals surface area (Å²) in [6, 6.07) is 5.00. The second-order valence-corrected chi connectivity index (χ2v) is 5.06. The maximum atomic E-state index is 11.9. The van der Waals surface area contributed by atoms with Crippen LogP contribution >= 0.6 is 22.9 Å². The number of rotatable bonds is 4. The molecule has 2 aromatic rings. The molecule has 0 aliphatic heterocycles. The molecule has 0 spiro atoms. The molecule has 0 aliphatic carbocycles. The molecule has 100 valence electrons. The number of halogens is 1. The lowest BCUT2D eigenvalue weighted by Crippen LogP contribution is -2.24. The van der Waals surface area contributed by atoms with Crippen molar-refractivity contribution < 1.29 is 9.53 Å². The molecule has 1 aromatic heterocycles. The summed E-state index contributed by atoms with van der Waals surface area (Å²) in [5.74, 6) is 0.302. The van der Waals surface area contributed by atoms with Crippen LogP contribution in [0.3, 0.4) is 0 Å². The van der Waals surface area contributed by atoms with Crippen molar-refractivity contribution >= 4 is 34.5 Å². The molecule has 0 saturated carbocycles. The van der Waals surface area contributed by atoms with Crippen LogP contribution in [0.4, 0.5) is 5.69 Å². The Morgan fingerprint density at radius 3 is 3.00 bits per heavy atom. The lowest BCUT2D eigenvalue weighted by molar-refractivity contribution is -0.116. The smallest absolute Gasteiger partial charge is 0.244 e. The van der Waals surface area contributed by atoms with Gasteiger partial charge in [0.2, 0.25) is 5.91 Å².